The Labute approximate surface area is 111 Å². The minimum atomic E-state index is -0.356. The van der Waals surface area contributed by atoms with Crippen molar-refractivity contribution in [1.82, 2.24) is 15.4 Å². The predicted molar refractivity (Wildman–Crippen MR) is 66.5 cm³/mol. The van der Waals surface area contributed by atoms with Crippen LogP contribution in [0, 0.1) is 6.92 Å². The molecule has 3 rings (SSSR count). The highest BCUT2D eigenvalue weighted by Gasteiger charge is 2.37. The third kappa shape index (κ3) is 2.47. The Hall–Kier alpha value is -1.85. The highest BCUT2D eigenvalue weighted by Crippen LogP contribution is 2.23. The van der Waals surface area contributed by atoms with E-state index >= 15 is 0 Å². The van der Waals surface area contributed by atoms with Crippen LogP contribution in [-0.2, 0) is 4.79 Å². The number of nitrogens with one attached hydrogen (secondary N) is 1. The summed E-state index contributed by atoms with van der Waals surface area (Å²) in [6.45, 7) is 2.35. The van der Waals surface area contributed by atoms with E-state index in [-0.39, 0.29) is 23.6 Å². The van der Waals surface area contributed by atoms with Gasteiger partial charge in [-0.3, -0.25) is 9.59 Å². The lowest BCUT2D eigenvalue weighted by atomic mass is 10.2. The number of likely N-dealkylation sites (tertiary alicyclic amines) is 1. The van der Waals surface area contributed by atoms with Gasteiger partial charge in [0.15, 0.2) is 5.69 Å². The molecule has 0 spiro atoms. The first kappa shape index (κ1) is 12.2. The molecule has 2 aliphatic rings. The minimum absolute atomic E-state index is 0.0337. The summed E-state index contributed by atoms with van der Waals surface area (Å²) < 4.78 is 4.92. The third-order valence-electron chi connectivity index (χ3n) is 3.59. The maximum atomic E-state index is 12.3. The molecule has 102 valence electrons. The summed E-state index contributed by atoms with van der Waals surface area (Å²) in [5, 5.41) is 6.69. The molecular formula is C13H17N3O3. The number of nitrogens with zero attached hydrogens (tertiary/aromatic N) is 2. The van der Waals surface area contributed by atoms with Gasteiger partial charge in [-0.05, 0) is 32.6 Å². The SMILES string of the molecule is Cc1cc(C(=O)N2CCCC2C(=O)NC2CC2)no1. The van der Waals surface area contributed by atoms with Crippen molar-refractivity contribution >= 4 is 11.8 Å². The summed E-state index contributed by atoms with van der Waals surface area (Å²) in [6.07, 6.45) is 3.68. The van der Waals surface area contributed by atoms with E-state index < -0.39 is 0 Å². The van der Waals surface area contributed by atoms with Crippen molar-refractivity contribution in [3.05, 3.63) is 17.5 Å². The van der Waals surface area contributed by atoms with E-state index in [0.717, 1.165) is 25.7 Å². The standard InChI is InChI=1S/C13H17N3O3/c1-8-7-10(15-19-8)13(18)16-6-2-3-11(16)12(17)14-9-4-5-9/h7,9,11H,2-6H2,1H3,(H,14,17). The molecule has 2 fully saturated rings. The average molecular weight is 263 g/mol. The summed E-state index contributed by atoms with van der Waals surface area (Å²) >= 11 is 0. The van der Waals surface area contributed by atoms with Gasteiger partial charge in [-0.1, -0.05) is 5.16 Å². The molecule has 6 heteroatoms. The van der Waals surface area contributed by atoms with Gasteiger partial charge >= 0.3 is 0 Å². The summed E-state index contributed by atoms with van der Waals surface area (Å²) in [6, 6.07) is 1.57. The third-order valence-corrected chi connectivity index (χ3v) is 3.59. The Morgan fingerprint density at radius 3 is 2.84 bits per heavy atom. The Kier molecular flexibility index (Phi) is 3.00. The lowest BCUT2D eigenvalue weighted by Crippen LogP contribution is -2.46. The molecule has 19 heavy (non-hydrogen) atoms. The first-order valence-corrected chi connectivity index (χ1v) is 6.70. The first-order valence-electron chi connectivity index (χ1n) is 6.70. The van der Waals surface area contributed by atoms with Crippen LogP contribution in [0.15, 0.2) is 10.6 Å². The van der Waals surface area contributed by atoms with Crippen molar-refractivity contribution in [2.24, 2.45) is 0 Å². The molecule has 0 bridgehead atoms. The molecule has 1 aliphatic carbocycles. The van der Waals surface area contributed by atoms with Gasteiger partial charge in [-0.2, -0.15) is 0 Å². The van der Waals surface area contributed by atoms with Crippen molar-refractivity contribution in [2.75, 3.05) is 6.54 Å². The van der Waals surface area contributed by atoms with Crippen LogP contribution in [0.4, 0.5) is 0 Å². The van der Waals surface area contributed by atoms with Crippen LogP contribution < -0.4 is 5.32 Å². The van der Waals surface area contributed by atoms with Crippen LogP contribution in [0.2, 0.25) is 0 Å². The van der Waals surface area contributed by atoms with Gasteiger partial charge in [0, 0.05) is 18.7 Å². The number of hydrogen-bond acceptors (Lipinski definition) is 4. The van der Waals surface area contributed by atoms with E-state index in [2.05, 4.69) is 10.5 Å². The maximum Gasteiger partial charge on any atom is 0.276 e. The predicted octanol–water partition coefficient (Wildman–Crippen LogP) is 0.866. The smallest absolute Gasteiger partial charge is 0.276 e. The largest absolute Gasteiger partial charge is 0.361 e. The molecule has 1 atom stereocenters. The Balaban J connectivity index is 1.71. The van der Waals surface area contributed by atoms with Gasteiger partial charge in [0.1, 0.15) is 11.8 Å². The molecular weight excluding hydrogens is 246 g/mol. The summed E-state index contributed by atoms with van der Waals surface area (Å²) in [5.41, 5.74) is 0.281. The molecule has 0 radical (unpaired) electrons. The van der Waals surface area contributed by atoms with Gasteiger partial charge in [-0.15, -0.1) is 0 Å². The Bertz CT molecular complexity index is 507. The minimum Gasteiger partial charge on any atom is -0.361 e. The Morgan fingerprint density at radius 2 is 2.21 bits per heavy atom. The van der Waals surface area contributed by atoms with Crippen LogP contribution in [0.3, 0.4) is 0 Å². The fourth-order valence-corrected chi connectivity index (χ4v) is 2.42. The van der Waals surface area contributed by atoms with E-state index in [1.165, 1.54) is 0 Å². The summed E-state index contributed by atoms with van der Waals surface area (Å²) in [7, 11) is 0. The van der Waals surface area contributed by atoms with Crippen molar-refractivity contribution in [3.8, 4) is 0 Å². The van der Waals surface area contributed by atoms with Crippen LogP contribution in [-0.4, -0.2) is 40.5 Å². The zero-order valence-corrected chi connectivity index (χ0v) is 10.9. The van der Waals surface area contributed by atoms with Crippen LogP contribution in [0.25, 0.3) is 0 Å². The fourth-order valence-electron chi connectivity index (χ4n) is 2.42. The number of carbonyl (C=O) groups is 2. The molecule has 1 aromatic rings. The van der Waals surface area contributed by atoms with Crippen molar-refractivity contribution in [3.63, 3.8) is 0 Å². The zero-order valence-electron chi connectivity index (χ0n) is 10.9. The van der Waals surface area contributed by atoms with Gasteiger partial charge in [-0.25, -0.2) is 0 Å². The fraction of sp³-hybridized carbons (Fsp3) is 0.615. The van der Waals surface area contributed by atoms with Gasteiger partial charge in [0.2, 0.25) is 5.91 Å². The Morgan fingerprint density at radius 1 is 1.42 bits per heavy atom. The maximum absolute atomic E-state index is 12.3. The quantitative estimate of drug-likeness (QED) is 0.877. The number of aryl methyl sites for hydroxylation is 1. The van der Waals surface area contributed by atoms with Crippen LogP contribution in [0.5, 0.6) is 0 Å². The van der Waals surface area contributed by atoms with E-state index in [4.69, 9.17) is 4.52 Å². The highest BCUT2D eigenvalue weighted by atomic mass is 16.5. The second-order valence-electron chi connectivity index (χ2n) is 5.26. The van der Waals surface area contributed by atoms with Crippen LogP contribution in [0.1, 0.15) is 41.9 Å². The molecule has 1 aromatic heterocycles. The number of rotatable bonds is 3. The van der Waals surface area contributed by atoms with Gasteiger partial charge in [0.25, 0.3) is 5.91 Å². The van der Waals surface area contributed by atoms with Gasteiger partial charge < -0.3 is 14.7 Å². The number of carbonyl (C=O) groups excluding carboxylic acids is 2. The number of amides is 2. The zero-order chi connectivity index (χ0) is 13.4. The molecule has 1 unspecified atom stereocenters. The second-order valence-corrected chi connectivity index (χ2v) is 5.26. The molecule has 6 nitrogen and oxygen atoms in total. The normalized spacial score (nSPS) is 22.6. The lowest BCUT2D eigenvalue weighted by Gasteiger charge is -2.22. The lowest BCUT2D eigenvalue weighted by molar-refractivity contribution is -0.125. The van der Waals surface area contributed by atoms with E-state index in [0.29, 0.717) is 18.3 Å². The monoisotopic (exact) mass is 263 g/mol. The van der Waals surface area contributed by atoms with Crippen LogP contribution >= 0.6 is 0 Å². The first-order chi connectivity index (χ1) is 9.15. The molecule has 1 saturated heterocycles. The molecule has 1 saturated carbocycles. The molecule has 0 aromatic carbocycles. The van der Waals surface area contributed by atoms with Crippen molar-refractivity contribution in [1.29, 1.82) is 0 Å². The topological polar surface area (TPSA) is 75.4 Å². The molecule has 1 aliphatic heterocycles. The van der Waals surface area contributed by atoms with Gasteiger partial charge in [0.05, 0.1) is 0 Å². The second kappa shape index (κ2) is 4.68. The number of hydrogen-bond donors (Lipinski definition) is 1. The highest BCUT2D eigenvalue weighted by molar-refractivity contribution is 5.96. The van der Waals surface area contributed by atoms with E-state index in [9.17, 15) is 9.59 Å². The average Bonchev–Trinajstić information content (AvgIpc) is 2.92. The summed E-state index contributed by atoms with van der Waals surface area (Å²) in [5.74, 6) is 0.348. The molecule has 2 heterocycles. The van der Waals surface area contributed by atoms with Crippen molar-refractivity contribution in [2.45, 2.75) is 44.7 Å². The van der Waals surface area contributed by atoms with E-state index in [1.54, 1.807) is 17.9 Å². The summed E-state index contributed by atoms with van der Waals surface area (Å²) in [4.78, 5) is 26.0. The molecule has 2 amide bonds. The molecule has 1 N–H and O–H groups in total. The van der Waals surface area contributed by atoms with Crippen molar-refractivity contribution < 1.29 is 14.1 Å². The van der Waals surface area contributed by atoms with E-state index in [1.807, 2.05) is 0 Å². The number of aromatic nitrogens is 1.